The number of ether oxygens (including phenoxy) is 2. The number of methoxy groups -OCH3 is 2. The Kier molecular flexibility index (Phi) is 5.84. The molecule has 1 heterocycles. The monoisotopic (exact) mass is 355 g/mol. The third-order valence-electron chi connectivity index (χ3n) is 4.59. The van der Waals surface area contributed by atoms with E-state index < -0.39 is 0 Å². The minimum Gasteiger partial charge on any atom is -0.497 e. The number of carbonyl (C=O) groups is 1. The van der Waals surface area contributed by atoms with Crippen molar-refractivity contribution in [1.82, 2.24) is 5.32 Å². The minimum atomic E-state index is -0.200. The van der Waals surface area contributed by atoms with Crippen LogP contribution in [-0.4, -0.2) is 39.9 Å². The van der Waals surface area contributed by atoms with E-state index in [1.54, 1.807) is 20.3 Å². The summed E-state index contributed by atoms with van der Waals surface area (Å²) in [6.07, 6.45) is 1.04. The molecular weight excluding hydrogens is 330 g/mol. The molecule has 2 aromatic rings. The fourth-order valence-corrected chi connectivity index (χ4v) is 3.22. The Morgan fingerprint density at radius 2 is 2.00 bits per heavy atom. The number of benzene rings is 2. The molecule has 3 rings (SSSR count). The van der Waals surface area contributed by atoms with E-state index in [1.165, 1.54) is 0 Å². The zero-order chi connectivity index (χ0) is 18.4. The van der Waals surface area contributed by atoms with Crippen molar-refractivity contribution in [3.8, 4) is 11.5 Å². The van der Waals surface area contributed by atoms with Crippen LogP contribution in [0.1, 0.15) is 6.42 Å². The molecular formula is C20H25N3O3. The van der Waals surface area contributed by atoms with Gasteiger partial charge in [0, 0.05) is 31.4 Å². The predicted octanol–water partition coefficient (Wildman–Crippen LogP) is 3.35. The summed E-state index contributed by atoms with van der Waals surface area (Å²) in [7, 11) is 3.30. The van der Waals surface area contributed by atoms with Gasteiger partial charge >= 0.3 is 6.03 Å². The van der Waals surface area contributed by atoms with E-state index in [1.807, 2.05) is 36.4 Å². The Bertz CT molecular complexity index is 751. The largest absolute Gasteiger partial charge is 0.497 e. The Morgan fingerprint density at radius 3 is 2.81 bits per heavy atom. The summed E-state index contributed by atoms with van der Waals surface area (Å²) in [5.74, 6) is 2.01. The second-order valence-corrected chi connectivity index (χ2v) is 6.34. The maximum absolute atomic E-state index is 12.1. The van der Waals surface area contributed by atoms with Crippen LogP contribution in [0.5, 0.6) is 11.5 Å². The standard InChI is InChI=1S/C20H25N3O3/c1-25-17-7-5-6-16(12-17)22-20(24)21-13-15-10-11-23(14-15)18-8-3-4-9-19(18)26-2/h3-9,12,15H,10-11,13-14H2,1-2H3,(H2,21,22,24)/t15-/m1/s1. The first-order chi connectivity index (χ1) is 12.7. The number of hydrogen-bond acceptors (Lipinski definition) is 4. The zero-order valence-corrected chi connectivity index (χ0v) is 15.2. The molecule has 0 spiro atoms. The quantitative estimate of drug-likeness (QED) is 0.834. The lowest BCUT2D eigenvalue weighted by atomic mass is 10.1. The molecule has 0 unspecified atom stereocenters. The Balaban J connectivity index is 1.49. The summed E-state index contributed by atoms with van der Waals surface area (Å²) in [5.41, 5.74) is 1.82. The van der Waals surface area contributed by atoms with Gasteiger partial charge in [-0.05, 0) is 36.6 Å². The molecule has 2 aromatic carbocycles. The lowest BCUT2D eigenvalue weighted by molar-refractivity contribution is 0.250. The lowest BCUT2D eigenvalue weighted by Crippen LogP contribution is -2.34. The highest BCUT2D eigenvalue weighted by molar-refractivity contribution is 5.89. The molecule has 0 aromatic heterocycles. The van der Waals surface area contributed by atoms with Crippen LogP contribution in [0.15, 0.2) is 48.5 Å². The van der Waals surface area contributed by atoms with Gasteiger partial charge in [0.1, 0.15) is 11.5 Å². The number of nitrogens with one attached hydrogen (secondary N) is 2. The molecule has 26 heavy (non-hydrogen) atoms. The highest BCUT2D eigenvalue weighted by Crippen LogP contribution is 2.31. The van der Waals surface area contributed by atoms with Crippen molar-refractivity contribution in [2.75, 3.05) is 44.1 Å². The molecule has 1 aliphatic heterocycles. The fourth-order valence-electron chi connectivity index (χ4n) is 3.22. The molecule has 6 heteroatoms. The number of hydrogen-bond donors (Lipinski definition) is 2. The molecule has 1 aliphatic rings. The van der Waals surface area contributed by atoms with Crippen molar-refractivity contribution >= 4 is 17.4 Å². The molecule has 6 nitrogen and oxygen atoms in total. The van der Waals surface area contributed by atoms with Crippen LogP contribution in [0.2, 0.25) is 0 Å². The van der Waals surface area contributed by atoms with Gasteiger partial charge in [0.05, 0.1) is 19.9 Å². The molecule has 138 valence electrons. The van der Waals surface area contributed by atoms with Gasteiger partial charge in [-0.25, -0.2) is 4.79 Å². The molecule has 0 aliphatic carbocycles. The minimum absolute atomic E-state index is 0.200. The van der Waals surface area contributed by atoms with E-state index in [2.05, 4.69) is 21.6 Å². The van der Waals surface area contributed by atoms with Crippen LogP contribution in [0, 0.1) is 5.92 Å². The first kappa shape index (κ1) is 17.9. The van der Waals surface area contributed by atoms with Gasteiger partial charge in [-0.1, -0.05) is 18.2 Å². The smallest absolute Gasteiger partial charge is 0.319 e. The molecule has 2 N–H and O–H groups in total. The molecule has 1 atom stereocenters. The van der Waals surface area contributed by atoms with Crippen molar-refractivity contribution in [3.63, 3.8) is 0 Å². The van der Waals surface area contributed by atoms with Crippen LogP contribution in [0.25, 0.3) is 0 Å². The van der Waals surface area contributed by atoms with Gasteiger partial charge in [0.25, 0.3) is 0 Å². The summed E-state index contributed by atoms with van der Waals surface area (Å²) in [4.78, 5) is 14.4. The van der Waals surface area contributed by atoms with Crippen molar-refractivity contribution in [2.24, 2.45) is 5.92 Å². The molecule has 1 fully saturated rings. The third kappa shape index (κ3) is 4.39. The predicted molar refractivity (Wildman–Crippen MR) is 103 cm³/mol. The number of nitrogens with zero attached hydrogens (tertiary/aromatic N) is 1. The number of rotatable bonds is 6. The average molecular weight is 355 g/mol. The van der Waals surface area contributed by atoms with E-state index in [9.17, 15) is 4.79 Å². The van der Waals surface area contributed by atoms with Crippen molar-refractivity contribution in [3.05, 3.63) is 48.5 Å². The number of para-hydroxylation sites is 2. The average Bonchev–Trinajstić information content (AvgIpc) is 3.15. The first-order valence-corrected chi connectivity index (χ1v) is 8.76. The van der Waals surface area contributed by atoms with E-state index in [0.717, 1.165) is 30.9 Å². The van der Waals surface area contributed by atoms with Gasteiger partial charge in [0.2, 0.25) is 0 Å². The van der Waals surface area contributed by atoms with Crippen LogP contribution >= 0.6 is 0 Å². The summed E-state index contributed by atoms with van der Waals surface area (Å²) in [6, 6.07) is 15.1. The molecule has 0 saturated carbocycles. The van der Waals surface area contributed by atoms with Crippen molar-refractivity contribution in [1.29, 1.82) is 0 Å². The van der Waals surface area contributed by atoms with E-state index in [0.29, 0.717) is 23.9 Å². The Labute approximate surface area is 154 Å². The van der Waals surface area contributed by atoms with Gasteiger partial charge in [0.15, 0.2) is 0 Å². The molecule has 0 bridgehead atoms. The molecule has 1 saturated heterocycles. The lowest BCUT2D eigenvalue weighted by Gasteiger charge is -2.21. The van der Waals surface area contributed by atoms with Gasteiger partial charge in [-0.15, -0.1) is 0 Å². The van der Waals surface area contributed by atoms with E-state index in [4.69, 9.17) is 9.47 Å². The first-order valence-electron chi connectivity index (χ1n) is 8.76. The van der Waals surface area contributed by atoms with Gasteiger partial charge in [-0.2, -0.15) is 0 Å². The van der Waals surface area contributed by atoms with Crippen molar-refractivity contribution in [2.45, 2.75) is 6.42 Å². The van der Waals surface area contributed by atoms with Gasteiger partial charge < -0.3 is 25.0 Å². The third-order valence-corrected chi connectivity index (χ3v) is 4.59. The Morgan fingerprint density at radius 1 is 1.15 bits per heavy atom. The number of urea groups is 1. The molecule has 2 amide bonds. The number of amides is 2. The SMILES string of the molecule is COc1cccc(NC(=O)NC[C@H]2CCN(c3ccccc3OC)C2)c1. The van der Waals surface area contributed by atoms with Crippen LogP contribution in [0.4, 0.5) is 16.2 Å². The normalized spacial score (nSPS) is 16.2. The van der Waals surface area contributed by atoms with Crippen LogP contribution in [-0.2, 0) is 0 Å². The number of anilines is 2. The summed E-state index contributed by atoms with van der Waals surface area (Å²) >= 11 is 0. The Hall–Kier alpha value is -2.89. The number of carbonyl (C=O) groups excluding carboxylic acids is 1. The highest BCUT2D eigenvalue weighted by atomic mass is 16.5. The second kappa shape index (κ2) is 8.47. The van der Waals surface area contributed by atoms with Crippen molar-refractivity contribution < 1.29 is 14.3 Å². The zero-order valence-electron chi connectivity index (χ0n) is 15.2. The van der Waals surface area contributed by atoms with Crippen LogP contribution < -0.4 is 25.0 Å². The van der Waals surface area contributed by atoms with Gasteiger partial charge in [-0.3, -0.25) is 0 Å². The maximum atomic E-state index is 12.1. The highest BCUT2D eigenvalue weighted by Gasteiger charge is 2.24. The molecule has 0 radical (unpaired) electrons. The van der Waals surface area contributed by atoms with E-state index in [-0.39, 0.29) is 6.03 Å². The van der Waals surface area contributed by atoms with E-state index >= 15 is 0 Å². The maximum Gasteiger partial charge on any atom is 0.319 e. The fraction of sp³-hybridized carbons (Fsp3) is 0.350. The summed E-state index contributed by atoms with van der Waals surface area (Å²) < 4.78 is 10.6. The van der Waals surface area contributed by atoms with Crippen LogP contribution in [0.3, 0.4) is 0 Å². The topological polar surface area (TPSA) is 62.8 Å². The summed E-state index contributed by atoms with van der Waals surface area (Å²) in [5, 5.41) is 5.80. The second-order valence-electron chi connectivity index (χ2n) is 6.34. The summed E-state index contributed by atoms with van der Waals surface area (Å²) in [6.45, 7) is 2.51.